The zero-order chi connectivity index (χ0) is 21.9. The summed E-state index contributed by atoms with van der Waals surface area (Å²) >= 11 is 0. The maximum absolute atomic E-state index is 13.2. The molecule has 0 aliphatic rings. The van der Waals surface area contributed by atoms with Crippen LogP contribution in [-0.4, -0.2) is 70.8 Å². The van der Waals surface area contributed by atoms with Crippen molar-refractivity contribution in [2.24, 2.45) is 0 Å². The lowest BCUT2D eigenvalue weighted by Gasteiger charge is -2.47. The Hall–Kier alpha value is 0.0900. The molecule has 0 aliphatic heterocycles. The van der Waals surface area contributed by atoms with Gasteiger partial charge in [0.2, 0.25) is 0 Å². The molecule has 0 bridgehead atoms. The number of hydrogen-bond donors (Lipinski definition) is 6. The molecule has 0 aliphatic carbocycles. The average Bonchev–Trinajstić information content (AvgIpc) is 2.54. The van der Waals surface area contributed by atoms with Crippen LogP contribution in [0.4, 0.5) is 0 Å². The second-order valence-corrected chi connectivity index (χ2v) is 11.6. The average molecular weight is 456 g/mol. The summed E-state index contributed by atoms with van der Waals surface area (Å²) in [6.07, 6.45) is -1.58. The summed E-state index contributed by atoms with van der Waals surface area (Å²) in [6, 6.07) is 0. The predicted octanol–water partition coefficient (Wildman–Crippen LogP) is 0.123. The Balaban J connectivity index is 6.88. The molecule has 0 amide bonds. The Morgan fingerprint density at radius 1 is 0.704 bits per heavy atom. The summed E-state index contributed by atoms with van der Waals surface area (Å²) in [5.41, 5.74) is 0. The molecule has 0 saturated carbocycles. The highest BCUT2D eigenvalue weighted by Crippen LogP contribution is 2.60. The first kappa shape index (κ1) is 27.1. The van der Waals surface area contributed by atoms with Gasteiger partial charge in [-0.1, -0.05) is 27.7 Å². The van der Waals surface area contributed by atoms with Gasteiger partial charge in [0.1, 0.15) is 24.0 Å². The molecule has 0 radical (unpaired) electrons. The molecule has 0 atom stereocenters. The summed E-state index contributed by atoms with van der Waals surface area (Å²) in [5, 5.41) is 14.7. The highest BCUT2D eigenvalue weighted by Gasteiger charge is 2.60. The van der Waals surface area contributed by atoms with Crippen molar-refractivity contribution in [3.8, 4) is 0 Å². The highest BCUT2D eigenvalue weighted by molar-refractivity contribution is 7.87. The van der Waals surface area contributed by atoms with Gasteiger partial charge in [0.25, 0.3) is 10.2 Å². The standard InChI is InChI=1S/C12H30N2O10P2S/c1-5-11(6-2,25(17,18)19)13(9-15)27(23,24)14(10-16)12(7-3,8-4)26(20,21)22/h15-16H,5-10H2,1-4H3,(H2,17,18,19)(H2,20,21,22). The third-order valence-electron chi connectivity index (χ3n) is 5.09. The lowest BCUT2D eigenvalue weighted by atomic mass is 10.1. The van der Waals surface area contributed by atoms with E-state index < -0.39 is 75.1 Å². The normalized spacial score (nSPS) is 15.0. The Bertz CT molecular complexity index is 628. The van der Waals surface area contributed by atoms with Crippen LogP contribution in [0.15, 0.2) is 0 Å². The Morgan fingerprint density at radius 3 is 1.04 bits per heavy atom. The summed E-state index contributed by atoms with van der Waals surface area (Å²) in [7, 11) is -15.4. The molecular formula is C12H30N2O10P2S. The Morgan fingerprint density at radius 2 is 0.926 bits per heavy atom. The van der Waals surface area contributed by atoms with E-state index in [1.54, 1.807) is 0 Å². The van der Waals surface area contributed by atoms with Crippen molar-refractivity contribution < 1.29 is 47.3 Å². The minimum Gasteiger partial charge on any atom is -0.380 e. The predicted molar refractivity (Wildman–Crippen MR) is 97.5 cm³/mol. The largest absolute Gasteiger partial charge is 0.380 e. The third-order valence-corrected chi connectivity index (χ3v) is 11.3. The van der Waals surface area contributed by atoms with Gasteiger partial charge >= 0.3 is 15.2 Å². The van der Waals surface area contributed by atoms with E-state index in [0.717, 1.165) is 0 Å². The third kappa shape index (κ3) is 4.49. The van der Waals surface area contributed by atoms with Gasteiger partial charge in [0.05, 0.1) is 0 Å². The van der Waals surface area contributed by atoms with E-state index >= 15 is 0 Å². The molecule has 6 N–H and O–H groups in total. The fourth-order valence-electron chi connectivity index (χ4n) is 3.28. The molecule has 0 unspecified atom stereocenters. The van der Waals surface area contributed by atoms with Crippen molar-refractivity contribution in [1.29, 1.82) is 0 Å². The van der Waals surface area contributed by atoms with Gasteiger partial charge in [-0.2, -0.15) is 8.42 Å². The van der Waals surface area contributed by atoms with Crippen molar-refractivity contribution in [2.45, 2.75) is 63.9 Å². The van der Waals surface area contributed by atoms with E-state index in [1.807, 2.05) is 0 Å². The van der Waals surface area contributed by atoms with Crippen LogP contribution in [0, 0.1) is 0 Å². The Labute approximate surface area is 159 Å². The highest BCUT2D eigenvalue weighted by atomic mass is 32.2. The molecule has 27 heavy (non-hydrogen) atoms. The van der Waals surface area contributed by atoms with Gasteiger partial charge < -0.3 is 29.8 Å². The minimum absolute atomic E-state index is 0.104. The van der Waals surface area contributed by atoms with Crippen molar-refractivity contribution in [2.75, 3.05) is 13.5 Å². The molecule has 0 saturated heterocycles. The van der Waals surface area contributed by atoms with E-state index in [2.05, 4.69) is 0 Å². The summed E-state index contributed by atoms with van der Waals surface area (Å²) in [5.74, 6) is 0. The number of aliphatic hydroxyl groups is 2. The second-order valence-electron chi connectivity index (χ2n) is 5.95. The van der Waals surface area contributed by atoms with Crippen LogP contribution in [0.25, 0.3) is 0 Å². The van der Waals surface area contributed by atoms with Crippen molar-refractivity contribution >= 4 is 25.4 Å². The molecule has 164 valence electrons. The van der Waals surface area contributed by atoms with Gasteiger partial charge in [0, 0.05) is 0 Å². The maximum Gasteiger partial charge on any atom is 0.346 e. The van der Waals surface area contributed by atoms with Crippen LogP contribution in [0.2, 0.25) is 0 Å². The fourth-order valence-corrected chi connectivity index (χ4v) is 8.80. The van der Waals surface area contributed by atoms with E-state index in [4.69, 9.17) is 0 Å². The number of nitrogens with zero attached hydrogens (tertiary/aromatic N) is 2. The minimum atomic E-state index is -5.15. The van der Waals surface area contributed by atoms with E-state index in [9.17, 15) is 47.3 Å². The first-order valence-electron chi connectivity index (χ1n) is 8.27. The van der Waals surface area contributed by atoms with Crippen LogP contribution in [0.1, 0.15) is 53.4 Å². The van der Waals surface area contributed by atoms with Gasteiger partial charge in [-0.15, -0.1) is 8.61 Å². The van der Waals surface area contributed by atoms with Crippen LogP contribution in [0.5, 0.6) is 0 Å². The summed E-state index contributed by atoms with van der Waals surface area (Å²) in [6.45, 7) is 2.49. The van der Waals surface area contributed by atoms with Crippen molar-refractivity contribution in [3.05, 3.63) is 0 Å². The van der Waals surface area contributed by atoms with Gasteiger partial charge in [-0.05, 0) is 25.7 Å². The first-order valence-corrected chi connectivity index (χ1v) is 12.9. The number of hydrogen-bond acceptors (Lipinski definition) is 6. The smallest absolute Gasteiger partial charge is 0.346 e. The molecule has 0 aromatic carbocycles. The van der Waals surface area contributed by atoms with Crippen LogP contribution >= 0.6 is 15.2 Å². The van der Waals surface area contributed by atoms with E-state index in [1.165, 1.54) is 27.7 Å². The molecular weight excluding hydrogens is 426 g/mol. The lowest BCUT2D eigenvalue weighted by Crippen LogP contribution is -2.61. The topological polar surface area (TPSA) is 196 Å². The molecule has 0 spiro atoms. The van der Waals surface area contributed by atoms with Crippen molar-refractivity contribution in [3.63, 3.8) is 0 Å². The lowest BCUT2D eigenvalue weighted by molar-refractivity contribution is 0.0617. The summed E-state index contributed by atoms with van der Waals surface area (Å²) < 4.78 is 50.7. The Kier molecular flexibility index (Phi) is 9.30. The van der Waals surface area contributed by atoms with Gasteiger partial charge in [0.15, 0.2) is 0 Å². The van der Waals surface area contributed by atoms with Crippen LogP contribution in [-0.2, 0) is 19.3 Å². The zero-order valence-electron chi connectivity index (χ0n) is 15.8. The first-order chi connectivity index (χ1) is 12.1. The van der Waals surface area contributed by atoms with E-state index in [-0.39, 0.29) is 8.61 Å². The van der Waals surface area contributed by atoms with Gasteiger partial charge in [-0.25, -0.2) is 0 Å². The molecule has 0 fully saturated rings. The molecule has 0 rings (SSSR count). The van der Waals surface area contributed by atoms with E-state index in [0.29, 0.717) is 0 Å². The second kappa shape index (κ2) is 9.27. The summed E-state index contributed by atoms with van der Waals surface area (Å²) in [4.78, 5) is 39.1. The SMILES string of the molecule is CCC(CC)(N(CO)S(=O)(=O)N(CO)C(CC)(CC)P(=O)(O)O)P(=O)(O)O. The quantitative estimate of drug-likeness (QED) is 0.173. The molecule has 12 nitrogen and oxygen atoms in total. The molecule has 0 aromatic heterocycles. The van der Waals surface area contributed by atoms with Gasteiger partial charge in [-0.3, -0.25) is 9.13 Å². The maximum atomic E-state index is 13.2. The van der Waals surface area contributed by atoms with Crippen molar-refractivity contribution in [1.82, 2.24) is 8.61 Å². The molecule has 0 aromatic rings. The molecule has 0 heterocycles. The molecule has 15 heteroatoms. The fraction of sp³-hybridized carbons (Fsp3) is 1.00. The monoisotopic (exact) mass is 456 g/mol. The number of rotatable bonds is 12. The van der Waals surface area contributed by atoms with Crippen LogP contribution in [0.3, 0.4) is 0 Å². The number of aliphatic hydroxyl groups excluding tert-OH is 2. The zero-order valence-corrected chi connectivity index (χ0v) is 18.4. The van der Waals surface area contributed by atoms with Crippen LogP contribution < -0.4 is 0 Å².